The molecule has 0 radical (unpaired) electrons. The summed E-state index contributed by atoms with van der Waals surface area (Å²) in [6.45, 7) is 16.3. The van der Waals surface area contributed by atoms with Crippen LogP contribution < -0.4 is 5.32 Å². The monoisotopic (exact) mass is 849 g/mol. The van der Waals surface area contributed by atoms with Crippen LogP contribution in [0, 0.1) is 23.7 Å². The summed E-state index contributed by atoms with van der Waals surface area (Å²) < 4.78 is 17.5. The Morgan fingerprint density at radius 3 is 2.13 bits per heavy atom. The maximum Gasteiger partial charge on any atom is 0.309 e. The maximum atomic E-state index is 14.5. The molecule has 5 rings (SSSR count). The molecule has 0 saturated heterocycles. The molecule has 0 unspecified atom stereocenters. The molecule has 326 valence electrons. The standard InChI is InChI=1S/C50H63N3O7S/c1-9-25-59-50(57)34(7)26-36(27-35-19-13-12-14-20-35)51-47(55)43-31-61-48(52-43)45(58-11-3)29-44(32(4)5)53(8)49(56)41(33(6)10-2)28-46(54)60-30-42-39-23-17-15-21-37(39)38-22-16-18-24-40(38)42/h9,12-24,31-34,36,41-42,44-45H,1,10-11,25-30H2,2-8H3,(H,51,55)/t33-,34-,36+,41-,44+,45+/m0/s1. The van der Waals surface area contributed by atoms with Gasteiger partial charge < -0.3 is 24.4 Å². The highest BCUT2D eigenvalue weighted by molar-refractivity contribution is 7.09. The van der Waals surface area contributed by atoms with Gasteiger partial charge in [-0.2, -0.15) is 0 Å². The van der Waals surface area contributed by atoms with E-state index >= 15 is 0 Å². The van der Waals surface area contributed by atoms with Crippen molar-refractivity contribution in [1.29, 1.82) is 0 Å². The fourth-order valence-corrected chi connectivity index (χ4v) is 9.19. The largest absolute Gasteiger partial charge is 0.465 e. The van der Waals surface area contributed by atoms with Gasteiger partial charge in [-0.3, -0.25) is 19.2 Å². The van der Waals surface area contributed by atoms with Crippen molar-refractivity contribution in [2.75, 3.05) is 26.9 Å². The first-order chi connectivity index (χ1) is 29.4. The number of carbonyl (C=O) groups is 4. The van der Waals surface area contributed by atoms with E-state index < -0.39 is 17.9 Å². The first kappa shape index (κ1) is 46.9. The van der Waals surface area contributed by atoms with Gasteiger partial charge in [-0.1, -0.05) is 133 Å². The van der Waals surface area contributed by atoms with Gasteiger partial charge in [0.15, 0.2) is 0 Å². The lowest BCUT2D eigenvalue weighted by Crippen LogP contribution is -2.46. The smallest absolute Gasteiger partial charge is 0.309 e. The number of carbonyl (C=O) groups excluding carboxylic acids is 4. The Morgan fingerprint density at radius 2 is 1.52 bits per heavy atom. The predicted molar refractivity (Wildman–Crippen MR) is 241 cm³/mol. The maximum absolute atomic E-state index is 14.5. The lowest BCUT2D eigenvalue weighted by atomic mass is 9.86. The molecule has 0 fully saturated rings. The van der Waals surface area contributed by atoms with Crippen molar-refractivity contribution < 1.29 is 33.4 Å². The van der Waals surface area contributed by atoms with Crippen LogP contribution in [0.25, 0.3) is 11.1 Å². The van der Waals surface area contributed by atoms with Crippen molar-refractivity contribution in [3.63, 3.8) is 0 Å². The molecule has 1 aromatic heterocycles. The van der Waals surface area contributed by atoms with Gasteiger partial charge in [0.05, 0.1) is 18.3 Å². The molecule has 11 heteroatoms. The SMILES string of the molecule is C=CCOC(=O)[C@@H](C)C[C@H](Cc1ccccc1)NC(=O)c1csc([C@@H](C[C@H](C(C)C)N(C)C(=O)[C@@H](CC(=O)OCC2c3ccccc3-c3ccccc32)[C@@H](C)CC)OCC)n1. The van der Waals surface area contributed by atoms with Gasteiger partial charge in [-0.05, 0) is 59.4 Å². The van der Waals surface area contributed by atoms with Gasteiger partial charge >= 0.3 is 11.9 Å². The van der Waals surface area contributed by atoms with Crippen molar-refractivity contribution in [3.05, 3.63) is 124 Å². The third-order valence-electron chi connectivity index (χ3n) is 11.9. The predicted octanol–water partition coefficient (Wildman–Crippen LogP) is 9.60. The number of nitrogens with zero attached hydrogens (tertiary/aromatic N) is 2. The first-order valence-electron chi connectivity index (χ1n) is 21.7. The molecule has 0 spiro atoms. The zero-order valence-corrected chi connectivity index (χ0v) is 37.6. The van der Waals surface area contributed by atoms with E-state index in [1.165, 1.54) is 17.4 Å². The van der Waals surface area contributed by atoms with E-state index in [0.29, 0.717) is 30.9 Å². The van der Waals surface area contributed by atoms with Gasteiger partial charge in [-0.25, -0.2) is 4.98 Å². The molecule has 6 atom stereocenters. The fraction of sp³-hybridized carbons (Fsp3) is 0.460. The quantitative estimate of drug-likeness (QED) is 0.0579. The highest BCUT2D eigenvalue weighted by atomic mass is 32.1. The topological polar surface area (TPSA) is 124 Å². The molecular weight excluding hydrogens is 787 g/mol. The minimum absolute atomic E-state index is 0.0150. The average molecular weight is 850 g/mol. The van der Waals surface area contributed by atoms with Crippen molar-refractivity contribution in [2.45, 2.75) is 97.8 Å². The van der Waals surface area contributed by atoms with Gasteiger partial charge in [0.2, 0.25) is 5.91 Å². The number of thiazole rings is 1. The zero-order valence-electron chi connectivity index (χ0n) is 36.8. The van der Waals surface area contributed by atoms with Crippen molar-refractivity contribution in [3.8, 4) is 11.1 Å². The molecule has 61 heavy (non-hydrogen) atoms. The van der Waals surface area contributed by atoms with E-state index in [-0.39, 0.29) is 78.9 Å². The first-order valence-corrected chi connectivity index (χ1v) is 22.5. The van der Waals surface area contributed by atoms with Crippen LogP contribution in [0.3, 0.4) is 0 Å². The van der Waals surface area contributed by atoms with E-state index in [1.807, 2.05) is 82.4 Å². The lowest BCUT2D eigenvalue weighted by Gasteiger charge is -2.36. The molecule has 1 aliphatic carbocycles. The molecule has 2 amide bonds. The number of hydrogen-bond acceptors (Lipinski definition) is 9. The molecule has 1 N–H and O–H groups in total. The lowest BCUT2D eigenvalue weighted by molar-refractivity contribution is -0.151. The summed E-state index contributed by atoms with van der Waals surface area (Å²) in [6.07, 6.45) is 3.11. The van der Waals surface area contributed by atoms with Crippen LogP contribution >= 0.6 is 11.3 Å². The van der Waals surface area contributed by atoms with Crippen molar-refractivity contribution in [1.82, 2.24) is 15.2 Å². The summed E-state index contributed by atoms with van der Waals surface area (Å²) >= 11 is 1.34. The Balaban J connectivity index is 1.26. The third kappa shape index (κ3) is 12.3. The molecule has 1 aliphatic rings. The third-order valence-corrected chi connectivity index (χ3v) is 12.9. The summed E-state index contributed by atoms with van der Waals surface area (Å²) in [5, 5.41) is 5.49. The van der Waals surface area contributed by atoms with Crippen LogP contribution in [0.2, 0.25) is 0 Å². The number of fused-ring (bicyclic) bond motifs is 3. The molecule has 0 bridgehead atoms. The Hall–Kier alpha value is -5.13. The van der Waals surface area contributed by atoms with Crippen LogP contribution in [-0.2, 0) is 35.0 Å². The molecule has 0 saturated carbocycles. The van der Waals surface area contributed by atoms with Gasteiger partial charge in [0.25, 0.3) is 5.91 Å². The minimum Gasteiger partial charge on any atom is -0.465 e. The highest BCUT2D eigenvalue weighted by Crippen LogP contribution is 2.44. The van der Waals surface area contributed by atoms with Gasteiger partial charge in [-0.15, -0.1) is 11.3 Å². The van der Waals surface area contributed by atoms with Crippen LogP contribution in [0.4, 0.5) is 0 Å². The number of benzene rings is 3. The van der Waals surface area contributed by atoms with Crippen molar-refractivity contribution >= 4 is 35.1 Å². The molecule has 3 aromatic carbocycles. The zero-order chi connectivity index (χ0) is 44.1. The molecule has 0 aliphatic heterocycles. The second-order valence-electron chi connectivity index (χ2n) is 16.5. The van der Waals surface area contributed by atoms with E-state index in [9.17, 15) is 19.2 Å². The van der Waals surface area contributed by atoms with Crippen LogP contribution in [0.5, 0.6) is 0 Å². The Bertz CT molecular complexity index is 2040. The molecular formula is C50H63N3O7S. The fourth-order valence-electron chi connectivity index (χ4n) is 8.33. The Morgan fingerprint density at radius 1 is 0.885 bits per heavy atom. The van der Waals surface area contributed by atoms with E-state index in [1.54, 1.807) is 17.2 Å². The number of nitrogens with one attached hydrogen (secondary N) is 1. The average Bonchev–Trinajstić information content (AvgIpc) is 3.88. The summed E-state index contributed by atoms with van der Waals surface area (Å²) in [7, 11) is 1.81. The Labute approximate surface area is 366 Å². The number of rotatable bonds is 23. The van der Waals surface area contributed by atoms with Crippen LogP contribution in [-0.4, -0.2) is 72.6 Å². The normalized spacial score (nSPS) is 15.1. The second-order valence-corrected chi connectivity index (χ2v) is 17.4. The number of ether oxygens (including phenoxy) is 3. The minimum atomic E-state index is -0.567. The number of hydrogen-bond donors (Lipinski definition) is 1. The number of aromatic nitrogens is 1. The van der Waals surface area contributed by atoms with Crippen LogP contribution in [0.1, 0.15) is 111 Å². The molecule has 4 aromatic rings. The van der Waals surface area contributed by atoms with Gasteiger partial charge in [0.1, 0.15) is 30.0 Å². The number of esters is 2. The Kier molecular flexibility index (Phi) is 17.4. The molecule has 10 nitrogen and oxygen atoms in total. The van der Waals surface area contributed by atoms with E-state index in [4.69, 9.17) is 19.2 Å². The van der Waals surface area contributed by atoms with E-state index in [2.05, 4.69) is 50.0 Å². The van der Waals surface area contributed by atoms with Crippen LogP contribution in [0.15, 0.2) is 96.9 Å². The summed E-state index contributed by atoms with van der Waals surface area (Å²) in [4.78, 5) is 61.0. The highest BCUT2D eigenvalue weighted by Gasteiger charge is 2.36. The summed E-state index contributed by atoms with van der Waals surface area (Å²) in [5.41, 5.74) is 5.89. The summed E-state index contributed by atoms with van der Waals surface area (Å²) in [5.74, 6) is -2.28. The second kappa shape index (κ2) is 22.6. The summed E-state index contributed by atoms with van der Waals surface area (Å²) in [6, 6.07) is 25.7. The molecule has 1 heterocycles. The van der Waals surface area contributed by atoms with Gasteiger partial charge in [0, 0.05) is 43.5 Å². The number of amides is 2. The van der Waals surface area contributed by atoms with E-state index in [0.717, 1.165) is 34.2 Å². The van der Waals surface area contributed by atoms with Crippen molar-refractivity contribution in [2.24, 2.45) is 23.7 Å².